The third-order valence-corrected chi connectivity index (χ3v) is 10.9. The van der Waals surface area contributed by atoms with Crippen LogP contribution in [0.4, 0.5) is 32.0 Å². The van der Waals surface area contributed by atoms with Gasteiger partial charge in [-0.3, -0.25) is 29.6 Å². The van der Waals surface area contributed by atoms with Crippen LogP contribution in [-0.4, -0.2) is 78.6 Å². The van der Waals surface area contributed by atoms with Crippen molar-refractivity contribution in [3.05, 3.63) is 137 Å². The van der Waals surface area contributed by atoms with Gasteiger partial charge in [-0.05, 0) is 79.9 Å². The quantitative estimate of drug-likeness (QED) is 0.0747. The first-order valence-electron chi connectivity index (χ1n) is 20.1. The van der Waals surface area contributed by atoms with Gasteiger partial charge in [0.15, 0.2) is 0 Å². The first-order valence-corrected chi connectivity index (χ1v) is 20.1. The molecule has 2 aliphatic rings. The number of benzene rings is 3. The van der Waals surface area contributed by atoms with E-state index in [-0.39, 0.29) is 35.0 Å². The third-order valence-electron chi connectivity index (χ3n) is 10.9. The molecule has 0 bridgehead atoms. The van der Waals surface area contributed by atoms with Crippen molar-refractivity contribution < 1.29 is 50.6 Å². The summed E-state index contributed by atoms with van der Waals surface area (Å²) in [7, 11) is 0. The number of nitrogens with one attached hydrogen (secondary N) is 3. The Hall–Kier alpha value is -7.15. The predicted octanol–water partition coefficient (Wildman–Crippen LogP) is 7.70. The van der Waals surface area contributed by atoms with Crippen LogP contribution in [0.5, 0.6) is 0 Å². The van der Waals surface area contributed by atoms with Gasteiger partial charge in [0, 0.05) is 65.1 Å². The summed E-state index contributed by atoms with van der Waals surface area (Å²) in [5.74, 6) is -3.94. The van der Waals surface area contributed by atoms with Crippen molar-refractivity contribution in [1.29, 1.82) is 0 Å². The predicted molar refractivity (Wildman–Crippen MR) is 221 cm³/mol. The zero-order chi connectivity index (χ0) is 45.5. The van der Waals surface area contributed by atoms with E-state index in [2.05, 4.69) is 55.2 Å². The van der Waals surface area contributed by atoms with Crippen molar-refractivity contribution in [2.75, 3.05) is 18.4 Å². The second kappa shape index (κ2) is 19.5. The van der Waals surface area contributed by atoms with Gasteiger partial charge < -0.3 is 15.7 Å². The Balaban J connectivity index is 0.000000809. The zero-order valence-corrected chi connectivity index (χ0v) is 33.8. The van der Waals surface area contributed by atoms with Crippen molar-refractivity contribution in [3.8, 4) is 22.4 Å². The molecule has 0 radical (unpaired) electrons. The van der Waals surface area contributed by atoms with Gasteiger partial charge >= 0.3 is 12.1 Å². The first-order chi connectivity index (χ1) is 30.6. The summed E-state index contributed by atoms with van der Waals surface area (Å²) in [6, 6.07) is 23.7. The molecule has 332 valence electrons. The summed E-state index contributed by atoms with van der Waals surface area (Å²) in [5.41, 5.74) is 7.09. The summed E-state index contributed by atoms with van der Waals surface area (Å²) in [6.07, 6.45) is 0.190. The number of amides is 3. The highest BCUT2D eigenvalue weighted by atomic mass is 19.4. The average Bonchev–Trinajstić information content (AvgIpc) is 3.72. The SMILES string of the molecule is O=C(O)C(F)(F)F.O=C1CCC(Nc2ccc(C3CCN(Cc4ccc(-c5cc6c(-c7ccc(CNC(=O)c8ccc(C(F)F)cc8)c(F)c7)ncnn6c5)cc4)CC3)nc2)C(=O)N1. The fourth-order valence-electron chi connectivity index (χ4n) is 7.42. The number of rotatable bonds is 11. The average molecular weight is 887 g/mol. The molecule has 2 fully saturated rings. The molecule has 2 aliphatic heterocycles. The fraction of sp³-hybridized carbons (Fsp3) is 0.267. The van der Waals surface area contributed by atoms with Gasteiger partial charge in [-0.25, -0.2) is 27.5 Å². The lowest BCUT2D eigenvalue weighted by atomic mass is 9.92. The molecular weight excluding hydrogens is 847 g/mol. The molecule has 6 aromatic rings. The Kier molecular flexibility index (Phi) is 13.7. The van der Waals surface area contributed by atoms with Gasteiger partial charge in [-0.2, -0.15) is 18.3 Å². The van der Waals surface area contributed by atoms with Crippen molar-refractivity contribution in [3.63, 3.8) is 0 Å². The normalized spacial score (nSPS) is 16.0. The van der Waals surface area contributed by atoms with Crippen LogP contribution in [-0.2, 0) is 27.5 Å². The summed E-state index contributed by atoms with van der Waals surface area (Å²) in [5, 5.41) is 19.7. The number of carboxylic acid groups (broad SMARTS) is 1. The van der Waals surface area contributed by atoms with E-state index in [9.17, 15) is 36.3 Å². The molecule has 5 heterocycles. The number of aromatic nitrogens is 4. The Morgan fingerprint density at radius 2 is 1.58 bits per heavy atom. The molecule has 1 atom stereocenters. The van der Waals surface area contributed by atoms with Crippen LogP contribution in [0, 0.1) is 5.82 Å². The minimum atomic E-state index is -5.08. The molecule has 19 heteroatoms. The number of pyridine rings is 1. The molecule has 1 unspecified atom stereocenters. The maximum Gasteiger partial charge on any atom is 0.490 e. The van der Waals surface area contributed by atoms with E-state index < -0.39 is 36.3 Å². The summed E-state index contributed by atoms with van der Waals surface area (Å²) in [6.45, 7) is 2.66. The maximum absolute atomic E-state index is 15.3. The van der Waals surface area contributed by atoms with E-state index in [1.54, 1.807) is 22.8 Å². The highest BCUT2D eigenvalue weighted by Gasteiger charge is 2.38. The number of halogens is 6. The number of likely N-dealkylation sites (tertiary alicyclic amines) is 1. The van der Waals surface area contributed by atoms with E-state index in [1.165, 1.54) is 42.2 Å². The van der Waals surface area contributed by atoms with Gasteiger partial charge in [-0.1, -0.05) is 48.5 Å². The number of carboxylic acids is 1. The number of aliphatic carboxylic acids is 1. The molecule has 8 rings (SSSR count). The van der Waals surface area contributed by atoms with Crippen molar-refractivity contribution in [2.45, 2.75) is 63.3 Å². The molecule has 0 spiro atoms. The third kappa shape index (κ3) is 11.1. The Morgan fingerprint density at radius 3 is 2.20 bits per heavy atom. The number of fused-ring (bicyclic) bond motifs is 1. The van der Waals surface area contributed by atoms with Crippen LogP contribution < -0.4 is 16.0 Å². The van der Waals surface area contributed by atoms with Crippen LogP contribution in [0.3, 0.4) is 0 Å². The second-order valence-electron chi connectivity index (χ2n) is 15.2. The lowest BCUT2D eigenvalue weighted by Crippen LogP contribution is -2.47. The van der Waals surface area contributed by atoms with Gasteiger partial charge in [0.25, 0.3) is 12.3 Å². The molecule has 0 aliphatic carbocycles. The van der Waals surface area contributed by atoms with Crippen LogP contribution >= 0.6 is 0 Å². The van der Waals surface area contributed by atoms with Crippen LogP contribution in [0.2, 0.25) is 0 Å². The lowest BCUT2D eigenvalue weighted by Gasteiger charge is -2.31. The zero-order valence-electron chi connectivity index (χ0n) is 33.8. The van der Waals surface area contributed by atoms with Gasteiger partial charge in [0.1, 0.15) is 18.2 Å². The molecule has 3 amide bonds. The Labute approximate surface area is 361 Å². The van der Waals surface area contributed by atoms with E-state index in [1.807, 2.05) is 24.4 Å². The lowest BCUT2D eigenvalue weighted by molar-refractivity contribution is -0.192. The molecule has 64 heavy (non-hydrogen) atoms. The molecule has 2 saturated heterocycles. The highest BCUT2D eigenvalue weighted by Crippen LogP contribution is 2.31. The number of anilines is 1. The van der Waals surface area contributed by atoms with Crippen LogP contribution in [0.1, 0.15) is 70.8 Å². The number of nitrogens with zero attached hydrogens (tertiary/aromatic N) is 5. The number of hydrogen-bond donors (Lipinski definition) is 4. The Morgan fingerprint density at radius 1 is 0.875 bits per heavy atom. The largest absolute Gasteiger partial charge is 0.490 e. The van der Waals surface area contributed by atoms with Gasteiger partial charge in [-0.15, -0.1) is 0 Å². The molecular formula is C45H40F6N8O5. The summed E-state index contributed by atoms with van der Waals surface area (Å²) in [4.78, 5) is 56.6. The number of alkyl halides is 5. The van der Waals surface area contributed by atoms with E-state index >= 15 is 4.39 Å². The Bertz CT molecular complexity index is 2630. The van der Waals surface area contributed by atoms with Crippen LogP contribution in [0.25, 0.3) is 27.9 Å². The molecule has 3 aromatic heterocycles. The second-order valence-corrected chi connectivity index (χ2v) is 15.2. The smallest absolute Gasteiger partial charge is 0.475 e. The van der Waals surface area contributed by atoms with Crippen molar-refractivity contribution >= 4 is 34.9 Å². The number of imide groups is 1. The minimum Gasteiger partial charge on any atom is -0.475 e. The first kappa shape index (κ1) is 44.9. The fourth-order valence-corrected chi connectivity index (χ4v) is 7.42. The van der Waals surface area contributed by atoms with Crippen molar-refractivity contribution in [2.24, 2.45) is 0 Å². The van der Waals surface area contributed by atoms with E-state index in [0.717, 1.165) is 55.0 Å². The summed E-state index contributed by atoms with van der Waals surface area (Å²) >= 11 is 0. The molecule has 0 saturated carbocycles. The monoisotopic (exact) mass is 886 g/mol. The summed E-state index contributed by atoms with van der Waals surface area (Å²) < 4.78 is 74.4. The van der Waals surface area contributed by atoms with Gasteiger partial charge in [0.2, 0.25) is 11.8 Å². The van der Waals surface area contributed by atoms with Crippen molar-refractivity contribution in [1.82, 2.24) is 35.1 Å². The number of carbonyl (C=O) groups excluding carboxylic acids is 3. The van der Waals surface area contributed by atoms with E-state index in [4.69, 9.17) is 14.9 Å². The highest BCUT2D eigenvalue weighted by molar-refractivity contribution is 6.01. The number of carbonyl (C=O) groups is 4. The topological polar surface area (TPSA) is 171 Å². The molecule has 13 nitrogen and oxygen atoms in total. The number of piperidine rings is 2. The standard InChI is InChI=1S/C43H39F3N8O3.C2HF3O2/c44-35-19-31(9-10-32(35)21-48-42(56)30-7-5-29(6-8-30)41(45)46)40-38-20-33(24-54(38)50-25-49-40)27-3-1-26(2-4-27)23-53-17-15-28(16-18-53)36-12-11-34(22-47-36)51-37-13-14-39(55)52-43(37)57;3-2(4,5)1(6)7/h1-12,19-20,22,24-25,28,37,41,51H,13-18,21,23H2,(H,48,56)(H,52,55,57);(H,6,7). The minimum absolute atomic E-state index is 0.0781. The molecule has 3 aromatic carbocycles. The number of hydrogen-bond acceptors (Lipinski definition) is 9. The van der Waals surface area contributed by atoms with Crippen LogP contribution in [0.15, 0.2) is 104 Å². The maximum atomic E-state index is 15.3. The van der Waals surface area contributed by atoms with E-state index in [0.29, 0.717) is 35.5 Å². The molecule has 4 N–H and O–H groups in total. The van der Waals surface area contributed by atoms with Gasteiger partial charge in [0.05, 0.1) is 23.1 Å².